The van der Waals surface area contributed by atoms with Crippen LogP contribution in [-0.4, -0.2) is 29.4 Å². The molecule has 0 bridgehead atoms. The van der Waals surface area contributed by atoms with Crippen LogP contribution in [0.3, 0.4) is 0 Å². The van der Waals surface area contributed by atoms with Crippen molar-refractivity contribution in [3.8, 4) is 10.6 Å². The molecule has 1 aliphatic heterocycles. The van der Waals surface area contributed by atoms with Crippen molar-refractivity contribution in [2.75, 3.05) is 6.54 Å². The molecule has 4 nitrogen and oxygen atoms in total. The Kier molecular flexibility index (Phi) is 5.90. The molecule has 3 rings (SSSR count). The topological polar surface area (TPSA) is 54.0 Å². The van der Waals surface area contributed by atoms with Gasteiger partial charge in [0.25, 0.3) is 5.92 Å². The highest BCUT2D eigenvalue weighted by atomic mass is 35.5. The van der Waals surface area contributed by atoms with Crippen LogP contribution < -0.4 is 10.6 Å². The van der Waals surface area contributed by atoms with E-state index in [0.29, 0.717) is 6.54 Å². The number of nitrogens with one attached hydrogen (secondary N) is 2. The van der Waals surface area contributed by atoms with E-state index in [4.69, 9.17) is 0 Å². The second-order valence-corrected chi connectivity index (χ2v) is 6.69. The van der Waals surface area contributed by atoms with Gasteiger partial charge < -0.3 is 5.32 Å². The molecule has 1 saturated heterocycles. The summed E-state index contributed by atoms with van der Waals surface area (Å²) in [4.78, 5) is 17.4. The fraction of sp³-hybridized carbons (Fsp3) is 0.375. The summed E-state index contributed by atoms with van der Waals surface area (Å²) in [5, 5.41) is 6.16. The first-order valence-corrected chi connectivity index (χ1v) is 8.17. The van der Waals surface area contributed by atoms with Gasteiger partial charge in [0.2, 0.25) is 5.91 Å². The Balaban J connectivity index is 0.00000208. The predicted molar refractivity (Wildman–Crippen MR) is 92.7 cm³/mol. The van der Waals surface area contributed by atoms with Gasteiger partial charge in [-0.1, -0.05) is 30.3 Å². The van der Waals surface area contributed by atoms with Gasteiger partial charge in [-0.25, -0.2) is 13.8 Å². The molecule has 1 fully saturated rings. The average Bonchev–Trinajstić information content (AvgIpc) is 3.08. The van der Waals surface area contributed by atoms with Crippen molar-refractivity contribution < 1.29 is 13.6 Å². The molecule has 1 amide bonds. The molecule has 0 saturated carbocycles. The Bertz CT molecular complexity index is 709. The van der Waals surface area contributed by atoms with E-state index < -0.39 is 30.8 Å². The van der Waals surface area contributed by atoms with E-state index in [0.717, 1.165) is 21.1 Å². The smallest absolute Gasteiger partial charge is 0.262 e. The number of nitrogens with zero attached hydrogens (tertiary/aromatic N) is 1. The molecule has 1 unspecified atom stereocenters. The maximum absolute atomic E-state index is 13.1. The SMILES string of the molecule is Cc1nc(-c2ccccc2)sc1CNC(=O)C1CC(F)(F)CN1.Cl. The van der Waals surface area contributed by atoms with Gasteiger partial charge in [0.1, 0.15) is 5.01 Å². The maximum atomic E-state index is 13.1. The zero-order valence-corrected chi connectivity index (χ0v) is 14.6. The number of benzene rings is 1. The summed E-state index contributed by atoms with van der Waals surface area (Å²) >= 11 is 1.50. The molecule has 130 valence electrons. The lowest BCUT2D eigenvalue weighted by Crippen LogP contribution is -2.39. The van der Waals surface area contributed by atoms with Crippen LogP contribution in [0.2, 0.25) is 0 Å². The second kappa shape index (κ2) is 7.55. The standard InChI is InChI=1S/C16H17F2N3OS.ClH/c1-10-13(23-15(21-10)11-5-3-2-4-6-11)8-19-14(22)12-7-16(17,18)9-20-12;/h2-6,12,20H,7-9H2,1H3,(H,19,22);1H. The number of aromatic nitrogens is 1. The van der Waals surface area contributed by atoms with E-state index in [1.807, 2.05) is 37.3 Å². The first-order valence-electron chi connectivity index (χ1n) is 7.35. The molecule has 0 aliphatic carbocycles. The summed E-state index contributed by atoms with van der Waals surface area (Å²) in [6.07, 6.45) is -0.449. The number of halogens is 3. The number of carbonyl (C=O) groups is 1. The minimum absolute atomic E-state index is 0. The lowest BCUT2D eigenvalue weighted by atomic mass is 10.2. The summed E-state index contributed by atoms with van der Waals surface area (Å²) in [7, 11) is 0. The molecule has 8 heteroatoms. The van der Waals surface area contributed by atoms with Gasteiger partial charge >= 0.3 is 0 Å². The van der Waals surface area contributed by atoms with Gasteiger partial charge in [-0.3, -0.25) is 10.1 Å². The monoisotopic (exact) mass is 373 g/mol. The third-order valence-corrected chi connectivity index (χ3v) is 4.97. The minimum Gasteiger partial charge on any atom is -0.350 e. The zero-order valence-electron chi connectivity index (χ0n) is 13.0. The average molecular weight is 374 g/mol. The van der Waals surface area contributed by atoms with E-state index >= 15 is 0 Å². The van der Waals surface area contributed by atoms with Crippen LogP contribution in [0.15, 0.2) is 30.3 Å². The van der Waals surface area contributed by atoms with Gasteiger partial charge in [-0.15, -0.1) is 23.7 Å². The molecule has 2 N–H and O–H groups in total. The van der Waals surface area contributed by atoms with Crippen molar-refractivity contribution in [1.82, 2.24) is 15.6 Å². The largest absolute Gasteiger partial charge is 0.350 e. The highest BCUT2D eigenvalue weighted by molar-refractivity contribution is 7.15. The van der Waals surface area contributed by atoms with Crippen molar-refractivity contribution in [1.29, 1.82) is 0 Å². The van der Waals surface area contributed by atoms with Crippen LogP contribution in [0.4, 0.5) is 8.78 Å². The molecule has 1 atom stereocenters. The highest BCUT2D eigenvalue weighted by Gasteiger charge is 2.42. The van der Waals surface area contributed by atoms with E-state index in [1.165, 1.54) is 11.3 Å². The Morgan fingerprint density at radius 1 is 1.42 bits per heavy atom. The molecule has 1 aromatic carbocycles. The number of aryl methyl sites for hydroxylation is 1. The summed E-state index contributed by atoms with van der Waals surface area (Å²) in [6, 6.07) is 8.96. The van der Waals surface area contributed by atoms with Crippen molar-refractivity contribution in [2.45, 2.75) is 31.9 Å². The lowest BCUT2D eigenvalue weighted by Gasteiger charge is -2.10. The van der Waals surface area contributed by atoms with E-state index in [1.54, 1.807) is 0 Å². The van der Waals surface area contributed by atoms with E-state index in [-0.39, 0.29) is 12.4 Å². The fourth-order valence-corrected chi connectivity index (χ4v) is 3.50. The molecule has 0 spiro atoms. The van der Waals surface area contributed by atoms with Crippen LogP contribution in [0.5, 0.6) is 0 Å². The third kappa shape index (κ3) is 4.28. The predicted octanol–water partition coefficient (Wildman–Crippen LogP) is 3.15. The maximum Gasteiger partial charge on any atom is 0.262 e. The molecular formula is C16H18ClF2N3OS. The molecule has 24 heavy (non-hydrogen) atoms. The number of thiazole rings is 1. The van der Waals surface area contributed by atoms with Crippen LogP contribution in [-0.2, 0) is 11.3 Å². The number of alkyl halides is 2. The van der Waals surface area contributed by atoms with Crippen molar-refractivity contribution in [3.63, 3.8) is 0 Å². The Labute approximate surface area is 149 Å². The molecule has 1 aromatic heterocycles. The molecule has 1 aliphatic rings. The lowest BCUT2D eigenvalue weighted by molar-refractivity contribution is -0.123. The second-order valence-electron chi connectivity index (χ2n) is 5.60. The Morgan fingerprint density at radius 3 is 2.75 bits per heavy atom. The van der Waals surface area contributed by atoms with Crippen molar-refractivity contribution in [2.24, 2.45) is 0 Å². The summed E-state index contributed by atoms with van der Waals surface area (Å²) in [5.74, 6) is -3.20. The Morgan fingerprint density at radius 2 is 2.12 bits per heavy atom. The summed E-state index contributed by atoms with van der Waals surface area (Å²) in [6.45, 7) is 1.74. The van der Waals surface area contributed by atoms with Gasteiger partial charge in [0.05, 0.1) is 24.8 Å². The summed E-state index contributed by atoms with van der Waals surface area (Å²) < 4.78 is 26.2. The van der Waals surface area contributed by atoms with Gasteiger partial charge in [-0.2, -0.15) is 0 Å². The third-order valence-electron chi connectivity index (χ3n) is 3.76. The quantitative estimate of drug-likeness (QED) is 0.865. The minimum atomic E-state index is -2.80. The van der Waals surface area contributed by atoms with Crippen LogP contribution in [0.1, 0.15) is 17.0 Å². The molecule has 2 aromatic rings. The number of hydrogen-bond acceptors (Lipinski definition) is 4. The van der Waals surface area contributed by atoms with Gasteiger partial charge in [0, 0.05) is 16.9 Å². The van der Waals surface area contributed by atoms with Gasteiger partial charge in [-0.05, 0) is 6.92 Å². The first-order chi connectivity index (χ1) is 10.9. The number of amides is 1. The molecule has 0 radical (unpaired) electrons. The molecular weight excluding hydrogens is 356 g/mol. The van der Waals surface area contributed by atoms with Gasteiger partial charge in [0.15, 0.2) is 0 Å². The first kappa shape index (κ1) is 18.8. The molecule has 2 heterocycles. The number of hydrogen-bond donors (Lipinski definition) is 2. The Hall–Kier alpha value is -1.57. The normalized spacial score (nSPS) is 18.9. The number of carbonyl (C=O) groups excluding carboxylic acids is 1. The van der Waals surface area contributed by atoms with Crippen LogP contribution in [0, 0.1) is 6.92 Å². The summed E-state index contributed by atoms with van der Waals surface area (Å²) in [5.41, 5.74) is 1.87. The zero-order chi connectivity index (χ0) is 16.4. The van der Waals surface area contributed by atoms with Crippen LogP contribution in [0.25, 0.3) is 10.6 Å². The number of rotatable bonds is 4. The highest BCUT2D eigenvalue weighted by Crippen LogP contribution is 2.28. The fourth-order valence-electron chi connectivity index (χ4n) is 2.49. The van der Waals surface area contributed by atoms with Crippen LogP contribution >= 0.6 is 23.7 Å². The van der Waals surface area contributed by atoms with Crippen molar-refractivity contribution >= 4 is 29.7 Å². The van der Waals surface area contributed by atoms with E-state index in [9.17, 15) is 13.6 Å². The van der Waals surface area contributed by atoms with Crippen molar-refractivity contribution in [3.05, 3.63) is 40.9 Å². The van der Waals surface area contributed by atoms with E-state index in [2.05, 4.69) is 15.6 Å².